The van der Waals surface area contributed by atoms with Crippen molar-refractivity contribution >= 4 is 25.7 Å². The first-order valence-corrected chi connectivity index (χ1v) is 13.0. The molecule has 10 heteroatoms. The molecule has 29 heavy (non-hydrogen) atoms. The van der Waals surface area contributed by atoms with Crippen molar-refractivity contribution in [3.05, 3.63) is 24.3 Å². The Morgan fingerprint density at radius 2 is 1.52 bits per heavy atom. The number of benzene rings is 1. The van der Waals surface area contributed by atoms with Crippen LogP contribution in [0.4, 0.5) is 5.69 Å². The Labute approximate surface area is 175 Å². The van der Waals surface area contributed by atoms with E-state index >= 15 is 0 Å². The lowest BCUT2D eigenvalue weighted by atomic mass is 10.1. The molecule has 0 aliphatic rings. The lowest BCUT2D eigenvalue weighted by Gasteiger charge is -2.24. The zero-order valence-corrected chi connectivity index (χ0v) is 19.3. The van der Waals surface area contributed by atoms with E-state index in [9.17, 15) is 21.9 Å². The number of hydrogen-bond acceptors (Lipinski definition) is 7. The second kappa shape index (κ2) is 11.3. The summed E-state index contributed by atoms with van der Waals surface area (Å²) in [4.78, 5) is -0.180. The van der Waals surface area contributed by atoms with Crippen molar-refractivity contribution in [2.24, 2.45) is 0 Å². The van der Waals surface area contributed by atoms with Crippen LogP contribution in [-0.2, 0) is 24.8 Å². The first-order chi connectivity index (χ1) is 13.3. The molecule has 0 aliphatic heterocycles. The third kappa shape index (κ3) is 10.9. The van der Waals surface area contributed by atoms with Crippen LogP contribution in [0.2, 0.25) is 0 Å². The van der Waals surface area contributed by atoms with E-state index in [1.807, 2.05) is 0 Å². The van der Waals surface area contributed by atoms with Crippen molar-refractivity contribution in [2.45, 2.75) is 83.1 Å². The molecule has 0 amide bonds. The first-order valence-electron chi connectivity index (χ1n) is 9.83. The Kier molecular flexibility index (Phi) is 10.0. The number of aliphatic hydroxyl groups is 1. The van der Waals surface area contributed by atoms with E-state index in [1.54, 1.807) is 24.9 Å². The molecular weight excluding hydrogens is 416 g/mol. The predicted octanol–water partition coefficient (Wildman–Crippen LogP) is 3.16. The van der Waals surface area contributed by atoms with Gasteiger partial charge in [-0.2, -0.15) is 0 Å². The number of aliphatic hydroxyl groups excluding tert-OH is 1. The molecule has 0 spiro atoms. The summed E-state index contributed by atoms with van der Waals surface area (Å²) in [7, 11) is -8.15. The third-order valence-electron chi connectivity index (χ3n) is 3.92. The topological polar surface area (TPSA) is 122 Å². The highest BCUT2D eigenvalue weighted by molar-refractivity contribution is 8.04. The number of anilines is 1. The number of ether oxygens (including phenoxy) is 1. The molecule has 1 aromatic carbocycles. The van der Waals surface area contributed by atoms with E-state index < -0.39 is 32.1 Å². The van der Waals surface area contributed by atoms with Gasteiger partial charge in [0.15, 0.2) is 0 Å². The van der Waals surface area contributed by atoms with Crippen LogP contribution in [0.3, 0.4) is 0 Å². The standard InChI is InChI=1S/C19H34N2O6S2/c1-5-6-7-8-9-10-15-28(23,24)21-29(25,26)17-13-11-16(12-14-17)20-18(22)27-19(2,3)4/h11-14,18,20-22H,5-10,15H2,1-4H3. The summed E-state index contributed by atoms with van der Waals surface area (Å²) in [6.07, 6.45) is 4.11. The van der Waals surface area contributed by atoms with Crippen LogP contribution in [-0.4, -0.2) is 39.7 Å². The second-order valence-corrected chi connectivity index (χ2v) is 11.7. The Hall–Kier alpha value is -1.20. The Balaban J connectivity index is 2.63. The summed E-state index contributed by atoms with van der Waals surface area (Å²) in [6.45, 7) is 7.45. The van der Waals surface area contributed by atoms with Gasteiger partial charge in [-0.3, -0.25) is 0 Å². The summed E-state index contributed by atoms with van der Waals surface area (Å²) in [5.74, 6) is -0.228. The first kappa shape index (κ1) is 25.8. The monoisotopic (exact) mass is 450 g/mol. The Bertz CT molecular complexity index is 815. The van der Waals surface area contributed by atoms with Gasteiger partial charge in [0.1, 0.15) is 0 Å². The number of rotatable bonds is 13. The van der Waals surface area contributed by atoms with Gasteiger partial charge in [-0.1, -0.05) is 39.0 Å². The molecule has 3 N–H and O–H groups in total. The highest BCUT2D eigenvalue weighted by Gasteiger charge is 2.23. The smallest absolute Gasteiger partial charge is 0.253 e. The van der Waals surface area contributed by atoms with Crippen molar-refractivity contribution in [3.63, 3.8) is 0 Å². The van der Waals surface area contributed by atoms with Gasteiger partial charge in [0, 0.05) is 5.69 Å². The summed E-state index contributed by atoms with van der Waals surface area (Å²) < 4.78 is 56.0. The van der Waals surface area contributed by atoms with Crippen LogP contribution in [0.25, 0.3) is 0 Å². The number of hydrogen-bond donors (Lipinski definition) is 3. The van der Waals surface area contributed by atoms with Crippen LogP contribution in [0.1, 0.15) is 66.2 Å². The molecule has 8 nitrogen and oxygen atoms in total. The minimum absolute atomic E-state index is 0.180. The van der Waals surface area contributed by atoms with Crippen LogP contribution in [0, 0.1) is 0 Å². The Morgan fingerprint density at radius 1 is 0.966 bits per heavy atom. The normalized spacial score (nSPS) is 14.0. The summed E-state index contributed by atoms with van der Waals surface area (Å²) in [5, 5.41) is 12.5. The van der Waals surface area contributed by atoms with Gasteiger partial charge < -0.3 is 15.2 Å². The zero-order chi connectivity index (χ0) is 22.1. The van der Waals surface area contributed by atoms with Crippen LogP contribution >= 0.6 is 0 Å². The molecule has 1 atom stereocenters. The van der Waals surface area contributed by atoms with Gasteiger partial charge in [-0.15, -0.1) is 4.13 Å². The van der Waals surface area contributed by atoms with Gasteiger partial charge in [-0.05, 0) is 51.5 Å². The van der Waals surface area contributed by atoms with E-state index in [2.05, 4.69) is 12.2 Å². The molecule has 0 saturated heterocycles. The average molecular weight is 451 g/mol. The molecule has 0 aliphatic carbocycles. The number of nitrogens with one attached hydrogen (secondary N) is 2. The lowest BCUT2D eigenvalue weighted by Crippen LogP contribution is -2.33. The fraction of sp³-hybridized carbons (Fsp3) is 0.684. The summed E-state index contributed by atoms with van der Waals surface area (Å²) in [6, 6.07) is 5.36. The maximum Gasteiger partial charge on any atom is 0.253 e. The minimum Gasteiger partial charge on any atom is -0.351 e. The quantitative estimate of drug-likeness (QED) is 0.312. The second-order valence-electron chi connectivity index (χ2n) is 7.92. The maximum absolute atomic E-state index is 12.4. The molecule has 0 aromatic heterocycles. The summed E-state index contributed by atoms with van der Waals surface area (Å²) >= 11 is 0. The molecule has 1 aromatic rings. The molecule has 1 rings (SSSR count). The van der Waals surface area contributed by atoms with Crippen molar-refractivity contribution in [1.29, 1.82) is 0 Å². The molecule has 1 unspecified atom stereocenters. The van der Waals surface area contributed by atoms with Crippen molar-refractivity contribution in [3.8, 4) is 0 Å². The van der Waals surface area contributed by atoms with Gasteiger partial charge >= 0.3 is 0 Å². The fourth-order valence-corrected chi connectivity index (χ4v) is 5.70. The molecule has 0 heterocycles. The van der Waals surface area contributed by atoms with Crippen molar-refractivity contribution in [2.75, 3.05) is 11.1 Å². The SMILES string of the molecule is CCCCCCCCS(=O)(=O)NS(=O)(=O)c1ccc(NC(O)OC(C)(C)C)cc1. The van der Waals surface area contributed by atoms with Gasteiger partial charge in [0.05, 0.1) is 16.2 Å². The van der Waals surface area contributed by atoms with Gasteiger partial charge in [0.25, 0.3) is 10.0 Å². The minimum atomic E-state index is -4.20. The van der Waals surface area contributed by atoms with Crippen molar-refractivity contribution in [1.82, 2.24) is 4.13 Å². The number of unbranched alkanes of at least 4 members (excludes halogenated alkanes) is 5. The van der Waals surface area contributed by atoms with E-state index in [4.69, 9.17) is 4.74 Å². The summed E-state index contributed by atoms with van der Waals surface area (Å²) in [5.41, 5.74) is -0.139. The van der Waals surface area contributed by atoms with Crippen LogP contribution in [0.15, 0.2) is 29.2 Å². The lowest BCUT2D eigenvalue weighted by molar-refractivity contribution is -0.148. The van der Waals surface area contributed by atoms with E-state index in [1.165, 1.54) is 24.3 Å². The molecule has 0 bridgehead atoms. The molecule has 168 valence electrons. The molecular formula is C19H34N2O6S2. The van der Waals surface area contributed by atoms with Crippen LogP contribution < -0.4 is 9.44 Å². The maximum atomic E-state index is 12.4. The van der Waals surface area contributed by atoms with Crippen LogP contribution in [0.5, 0.6) is 0 Å². The fourth-order valence-electron chi connectivity index (χ4n) is 2.57. The Morgan fingerprint density at radius 3 is 2.07 bits per heavy atom. The van der Waals surface area contributed by atoms with Crippen molar-refractivity contribution < 1.29 is 26.7 Å². The third-order valence-corrected chi connectivity index (χ3v) is 7.54. The van der Waals surface area contributed by atoms with Gasteiger partial charge in [-0.25, -0.2) is 16.8 Å². The van der Waals surface area contributed by atoms with E-state index in [0.717, 1.165) is 32.1 Å². The molecule has 0 radical (unpaired) electrons. The van der Waals surface area contributed by atoms with E-state index in [-0.39, 0.29) is 10.6 Å². The average Bonchev–Trinajstić information content (AvgIpc) is 2.55. The molecule has 0 saturated carbocycles. The number of sulfonamides is 2. The largest absolute Gasteiger partial charge is 0.351 e. The van der Waals surface area contributed by atoms with Gasteiger partial charge in [0.2, 0.25) is 16.4 Å². The van der Waals surface area contributed by atoms with E-state index in [0.29, 0.717) is 12.1 Å². The zero-order valence-electron chi connectivity index (χ0n) is 17.6. The predicted molar refractivity (Wildman–Crippen MR) is 114 cm³/mol. The molecule has 0 fully saturated rings. The highest BCUT2D eigenvalue weighted by Crippen LogP contribution is 2.17. The highest BCUT2D eigenvalue weighted by atomic mass is 32.3.